The van der Waals surface area contributed by atoms with Crippen molar-refractivity contribution in [2.24, 2.45) is 0 Å². The van der Waals surface area contributed by atoms with Crippen LogP contribution in [0.5, 0.6) is 0 Å². The first-order chi connectivity index (χ1) is 8.00. The van der Waals surface area contributed by atoms with Gasteiger partial charge in [0, 0.05) is 12.4 Å². The molecule has 1 N–H and O–H groups in total. The molecule has 0 aromatic heterocycles. The predicted molar refractivity (Wildman–Crippen MR) is 63.3 cm³/mol. The zero-order valence-corrected chi connectivity index (χ0v) is 10.9. The van der Waals surface area contributed by atoms with Crippen molar-refractivity contribution in [1.29, 1.82) is 0 Å². The molecule has 0 aliphatic carbocycles. The SMILES string of the molecule is O=C(O)C1CSCN1S(=O)(=O)CC1CCCO1. The molecular formula is C9H15NO5S2. The van der Waals surface area contributed by atoms with E-state index < -0.39 is 22.0 Å². The topological polar surface area (TPSA) is 83.9 Å². The number of thioether (sulfide) groups is 1. The molecule has 2 rings (SSSR count). The second kappa shape index (κ2) is 5.13. The zero-order valence-electron chi connectivity index (χ0n) is 9.24. The van der Waals surface area contributed by atoms with E-state index in [4.69, 9.17) is 9.84 Å². The van der Waals surface area contributed by atoms with Crippen molar-refractivity contribution in [3.8, 4) is 0 Å². The van der Waals surface area contributed by atoms with Gasteiger partial charge in [-0.1, -0.05) is 0 Å². The van der Waals surface area contributed by atoms with Gasteiger partial charge < -0.3 is 9.84 Å². The lowest BCUT2D eigenvalue weighted by Gasteiger charge is -2.21. The van der Waals surface area contributed by atoms with Crippen LogP contribution >= 0.6 is 11.8 Å². The fraction of sp³-hybridized carbons (Fsp3) is 0.889. The molecule has 8 heteroatoms. The average Bonchev–Trinajstić information content (AvgIpc) is 2.84. The molecule has 0 aromatic rings. The Balaban J connectivity index is 2.06. The molecular weight excluding hydrogens is 266 g/mol. The van der Waals surface area contributed by atoms with Crippen LogP contribution in [0, 0.1) is 0 Å². The molecule has 2 fully saturated rings. The summed E-state index contributed by atoms with van der Waals surface area (Å²) in [6.45, 7) is 0.595. The van der Waals surface area contributed by atoms with Gasteiger partial charge in [0.05, 0.1) is 17.7 Å². The van der Waals surface area contributed by atoms with Crippen molar-refractivity contribution in [2.75, 3.05) is 24.0 Å². The molecule has 2 atom stereocenters. The fourth-order valence-corrected chi connectivity index (χ4v) is 5.45. The van der Waals surface area contributed by atoms with Crippen molar-refractivity contribution < 1.29 is 23.1 Å². The van der Waals surface area contributed by atoms with Crippen LogP contribution in [0.4, 0.5) is 0 Å². The maximum Gasteiger partial charge on any atom is 0.322 e. The lowest BCUT2D eigenvalue weighted by Crippen LogP contribution is -2.44. The van der Waals surface area contributed by atoms with Gasteiger partial charge in [-0.2, -0.15) is 4.31 Å². The first-order valence-electron chi connectivity index (χ1n) is 5.42. The number of hydrogen-bond acceptors (Lipinski definition) is 5. The highest BCUT2D eigenvalue weighted by atomic mass is 32.2. The number of rotatable bonds is 4. The molecule has 0 saturated carbocycles. The summed E-state index contributed by atoms with van der Waals surface area (Å²) in [7, 11) is -3.53. The first kappa shape index (κ1) is 13.1. The molecule has 0 spiro atoms. The van der Waals surface area contributed by atoms with Crippen LogP contribution in [-0.4, -0.2) is 59.9 Å². The number of sulfonamides is 1. The number of aliphatic carboxylic acids is 1. The van der Waals surface area contributed by atoms with Crippen LogP contribution in [0.25, 0.3) is 0 Å². The molecule has 2 aliphatic heterocycles. The number of nitrogens with zero attached hydrogens (tertiary/aromatic N) is 1. The Hall–Kier alpha value is -0.310. The van der Waals surface area contributed by atoms with Crippen LogP contribution < -0.4 is 0 Å². The normalized spacial score (nSPS) is 30.8. The van der Waals surface area contributed by atoms with E-state index in [9.17, 15) is 13.2 Å². The minimum Gasteiger partial charge on any atom is -0.480 e. The second-order valence-corrected chi connectivity index (χ2v) is 7.12. The number of carbonyl (C=O) groups is 1. The van der Waals surface area contributed by atoms with Gasteiger partial charge in [-0.15, -0.1) is 11.8 Å². The fourth-order valence-electron chi connectivity index (χ4n) is 2.00. The average molecular weight is 281 g/mol. The van der Waals surface area contributed by atoms with Crippen LogP contribution in [0.1, 0.15) is 12.8 Å². The Kier molecular flexibility index (Phi) is 3.96. The largest absolute Gasteiger partial charge is 0.480 e. The number of carboxylic acids is 1. The summed E-state index contributed by atoms with van der Waals surface area (Å²) in [6.07, 6.45) is 1.33. The summed E-state index contributed by atoms with van der Waals surface area (Å²) in [5.74, 6) is -0.630. The summed E-state index contributed by atoms with van der Waals surface area (Å²) in [5, 5.41) is 8.96. The second-order valence-electron chi connectivity index (χ2n) is 4.15. The van der Waals surface area contributed by atoms with Crippen LogP contribution in [0.2, 0.25) is 0 Å². The lowest BCUT2D eigenvalue weighted by molar-refractivity contribution is -0.140. The molecule has 17 heavy (non-hydrogen) atoms. The quantitative estimate of drug-likeness (QED) is 0.778. The zero-order chi connectivity index (χ0) is 12.5. The first-order valence-corrected chi connectivity index (χ1v) is 8.19. The van der Waals surface area contributed by atoms with Gasteiger partial charge in [0.2, 0.25) is 10.0 Å². The molecule has 0 amide bonds. The lowest BCUT2D eigenvalue weighted by atomic mass is 10.3. The molecule has 0 aromatic carbocycles. The number of carboxylic acid groups (broad SMARTS) is 1. The van der Waals surface area contributed by atoms with Crippen molar-refractivity contribution >= 4 is 27.8 Å². The van der Waals surface area contributed by atoms with Crippen LogP contribution in [0.3, 0.4) is 0 Å². The van der Waals surface area contributed by atoms with Crippen molar-refractivity contribution in [1.82, 2.24) is 4.31 Å². The van der Waals surface area contributed by atoms with Crippen molar-refractivity contribution in [2.45, 2.75) is 25.0 Å². The molecule has 2 heterocycles. The van der Waals surface area contributed by atoms with Gasteiger partial charge in [-0.05, 0) is 12.8 Å². The molecule has 98 valence electrons. The van der Waals surface area contributed by atoms with Crippen molar-refractivity contribution in [3.63, 3.8) is 0 Å². The standard InChI is InChI=1S/C9H15NO5S2/c11-9(12)8-4-16-6-10(8)17(13,14)5-7-2-1-3-15-7/h7-8H,1-6H2,(H,11,12). The van der Waals surface area contributed by atoms with Gasteiger partial charge in [-0.3, -0.25) is 4.79 Å². The van der Waals surface area contributed by atoms with E-state index in [1.807, 2.05) is 0 Å². The molecule has 6 nitrogen and oxygen atoms in total. The van der Waals surface area contributed by atoms with Gasteiger partial charge in [0.1, 0.15) is 6.04 Å². The highest BCUT2D eigenvalue weighted by molar-refractivity contribution is 8.00. The Labute approximate surface area is 104 Å². The summed E-state index contributed by atoms with van der Waals surface area (Å²) in [4.78, 5) is 10.9. The summed E-state index contributed by atoms with van der Waals surface area (Å²) < 4.78 is 30.5. The van der Waals surface area contributed by atoms with E-state index in [1.54, 1.807) is 0 Å². The maximum atomic E-state index is 12.1. The summed E-state index contributed by atoms with van der Waals surface area (Å²) >= 11 is 1.33. The third-order valence-corrected chi connectivity index (χ3v) is 5.97. The predicted octanol–water partition coefficient (Wildman–Crippen LogP) is -0.0453. The van der Waals surface area contributed by atoms with E-state index in [-0.39, 0.29) is 17.7 Å². The number of hydrogen-bond donors (Lipinski definition) is 1. The molecule has 2 unspecified atom stereocenters. The Bertz CT molecular complexity index is 390. The van der Waals surface area contributed by atoms with Crippen molar-refractivity contribution in [3.05, 3.63) is 0 Å². The Morgan fingerprint density at radius 3 is 2.88 bits per heavy atom. The van der Waals surface area contributed by atoms with Gasteiger partial charge in [0.25, 0.3) is 0 Å². The van der Waals surface area contributed by atoms with E-state index in [0.717, 1.165) is 17.1 Å². The monoisotopic (exact) mass is 281 g/mol. The third-order valence-electron chi connectivity index (χ3n) is 2.90. The summed E-state index contributed by atoms with van der Waals surface area (Å²) in [5.41, 5.74) is 0. The van der Waals surface area contributed by atoms with E-state index in [2.05, 4.69) is 0 Å². The van der Waals surface area contributed by atoms with Crippen LogP contribution in [0.15, 0.2) is 0 Å². The molecule has 0 bridgehead atoms. The smallest absolute Gasteiger partial charge is 0.322 e. The minimum atomic E-state index is -3.53. The molecule has 0 radical (unpaired) electrons. The van der Waals surface area contributed by atoms with E-state index >= 15 is 0 Å². The van der Waals surface area contributed by atoms with Gasteiger partial charge in [0.15, 0.2) is 0 Å². The highest BCUT2D eigenvalue weighted by Crippen LogP contribution is 2.26. The van der Waals surface area contributed by atoms with E-state index in [0.29, 0.717) is 12.4 Å². The summed E-state index contributed by atoms with van der Waals surface area (Å²) in [6, 6.07) is -0.925. The highest BCUT2D eigenvalue weighted by Gasteiger charge is 2.40. The van der Waals surface area contributed by atoms with Gasteiger partial charge >= 0.3 is 5.97 Å². The van der Waals surface area contributed by atoms with E-state index in [1.165, 1.54) is 11.8 Å². The van der Waals surface area contributed by atoms with Gasteiger partial charge in [-0.25, -0.2) is 8.42 Å². The van der Waals surface area contributed by atoms with Crippen LogP contribution in [-0.2, 0) is 19.6 Å². The number of ether oxygens (including phenoxy) is 1. The Morgan fingerprint density at radius 1 is 1.53 bits per heavy atom. The third kappa shape index (κ3) is 2.93. The molecule has 2 aliphatic rings. The Morgan fingerprint density at radius 2 is 2.29 bits per heavy atom. The molecule has 2 saturated heterocycles. The maximum absolute atomic E-state index is 12.1. The minimum absolute atomic E-state index is 0.0999.